The SMILES string of the molecule is CN1CCN=C1NCC(=O)N1CCc2ccccc2C1. The van der Waals surface area contributed by atoms with Crippen LogP contribution < -0.4 is 5.32 Å². The smallest absolute Gasteiger partial charge is 0.242 e. The molecule has 0 saturated heterocycles. The highest BCUT2D eigenvalue weighted by Crippen LogP contribution is 2.18. The van der Waals surface area contributed by atoms with Gasteiger partial charge in [0.25, 0.3) is 0 Å². The minimum Gasteiger partial charge on any atom is -0.347 e. The molecule has 0 saturated carbocycles. The highest BCUT2D eigenvalue weighted by molar-refractivity contribution is 5.87. The van der Waals surface area contributed by atoms with Gasteiger partial charge in [-0.15, -0.1) is 0 Å². The first kappa shape index (κ1) is 13.0. The van der Waals surface area contributed by atoms with Gasteiger partial charge in [-0.1, -0.05) is 24.3 Å². The number of carbonyl (C=O) groups excluding carboxylic acids is 1. The first-order valence-electron chi connectivity index (χ1n) is 7.08. The third-order valence-electron chi connectivity index (χ3n) is 3.94. The Morgan fingerprint density at radius 2 is 2.10 bits per heavy atom. The number of guanidine groups is 1. The molecule has 0 aliphatic carbocycles. The van der Waals surface area contributed by atoms with Crippen molar-refractivity contribution in [2.45, 2.75) is 13.0 Å². The lowest BCUT2D eigenvalue weighted by molar-refractivity contribution is -0.130. The number of benzene rings is 1. The Labute approximate surface area is 119 Å². The third-order valence-corrected chi connectivity index (χ3v) is 3.94. The van der Waals surface area contributed by atoms with E-state index in [0.29, 0.717) is 6.54 Å². The Hall–Kier alpha value is -2.04. The summed E-state index contributed by atoms with van der Waals surface area (Å²) in [4.78, 5) is 20.6. The van der Waals surface area contributed by atoms with E-state index in [4.69, 9.17) is 0 Å². The topological polar surface area (TPSA) is 47.9 Å². The number of carbonyl (C=O) groups is 1. The first-order chi connectivity index (χ1) is 9.74. The molecule has 0 atom stereocenters. The Kier molecular flexibility index (Phi) is 3.58. The lowest BCUT2D eigenvalue weighted by atomic mass is 10.00. The molecule has 0 bridgehead atoms. The standard InChI is InChI=1S/C15H20N4O/c1-18-9-7-16-15(18)17-10-14(20)19-8-6-12-4-2-3-5-13(12)11-19/h2-5H,6-11H2,1H3,(H,16,17). The van der Waals surface area contributed by atoms with Crippen molar-refractivity contribution in [2.75, 3.05) is 33.2 Å². The van der Waals surface area contributed by atoms with Gasteiger partial charge in [-0.25, -0.2) is 0 Å². The van der Waals surface area contributed by atoms with Gasteiger partial charge in [-0.2, -0.15) is 0 Å². The molecule has 0 unspecified atom stereocenters. The number of amides is 1. The molecule has 5 nitrogen and oxygen atoms in total. The maximum atomic E-state index is 12.3. The van der Waals surface area contributed by atoms with Gasteiger partial charge in [0.05, 0.1) is 13.1 Å². The van der Waals surface area contributed by atoms with Crippen LogP contribution in [0.2, 0.25) is 0 Å². The van der Waals surface area contributed by atoms with Crippen LogP contribution in [0.4, 0.5) is 0 Å². The van der Waals surface area contributed by atoms with E-state index in [9.17, 15) is 4.79 Å². The molecule has 3 rings (SSSR count). The van der Waals surface area contributed by atoms with Crippen LogP contribution in [0.1, 0.15) is 11.1 Å². The van der Waals surface area contributed by atoms with Crippen LogP contribution >= 0.6 is 0 Å². The fourth-order valence-corrected chi connectivity index (χ4v) is 2.70. The molecule has 2 aliphatic rings. The van der Waals surface area contributed by atoms with Crippen molar-refractivity contribution < 1.29 is 4.79 Å². The van der Waals surface area contributed by atoms with Gasteiger partial charge in [0.1, 0.15) is 0 Å². The fourth-order valence-electron chi connectivity index (χ4n) is 2.70. The fraction of sp³-hybridized carbons (Fsp3) is 0.467. The third kappa shape index (κ3) is 2.61. The van der Waals surface area contributed by atoms with Gasteiger partial charge in [0.15, 0.2) is 5.96 Å². The zero-order valence-electron chi connectivity index (χ0n) is 11.8. The van der Waals surface area contributed by atoms with Crippen LogP contribution in [0.5, 0.6) is 0 Å². The Morgan fingerprint density at radius 1 is 1.30 bits per heavy atom. The number of hydrogen-bond acceptors (Lipinski definition) is 4. The van der Waals surface area contributed by atoms with Crippen LogP contribution in [-0.2, 0) is 17.8 Å². The van der Waals surface area contributed by atoms with Gasteiger partial charge in [0, 0.05) is 26.7 Å². The van der Waals surface area contributed by atoms with E-state index in [2.05, 4.69) is 28.5 Å². The summed E-state index contributed by atoms with van der Waals surface area (Å²) < 4.78 is 0. The molecule has 5 heteroatoms. The average molecular weight is 272 g/mol. The number of likely N-dealkylation sites (N-methyl/N-ethyl adjacent to an activating group) is 1. The zero-order valence-corrected chi connectivity index (χ0v) is 11.8. The second kappa shape index (κ2) is 5.53. The number of aliphatic imine (C=N–C) groups is 1. The van der Waals surface area contributed by atoms with E-state index in [-0.39, 0.29) is 5.91 Å². The van der Waals surface area contributed by atoms with E-state index < -0.39 is 0 Å². The van der Waals surface area contributed by atoms with E-state index in [1.165, 1.54) is 11.1 Å². The van der Waals surface area contributed by atoms with Crippen LogP contribution in [0, 0.1) is 0 Å². The van der Waals surface area contributed by atoms with Gasteiger partial charge in [0.2, 0.25) is 5.91 Å². The lowest BCUT2D eigenvalue weighted by Gasteiger charge is -2.29. The van der Waals surface area contributed by atoms with Crippen molar-refractivity contribution in [3.8, 4) is 0 Å². The van der Waals surface area contributed by atoms with Crippen molar-refractivity contribution in [2.24, 2.45) is 4.99 Å². The number of nitrogens with zero attached hydrogens (tertiary/aromatic N) is 3. The summed E-state index contributed by atoms with van der Waals surface area (Å²) in [5.74, 6) is 0.971. The van der Waals surface area contributed by atoms with Crippen LogP contribution in [0.15, 0.2) is 29.3 Å². The Balaban J connectivity index is 1.56. The summed E-state index contributed by atoms with van der Waals surface area (Å²) in [6, 6.07) is 8.36. The normalized spacial score (nSPS) is 17.8. The summed E-state index contributed by atoms with van der Waals surface area (Å²) >= 11 is 0. The molecule has 0 fully saturated rings. The number of fused-ring (bicyclic) bond motifs is 1. The molecule has 106 valence electrons. The molecule has 20 heavy (non-hydrogen) atoms. The Morgan fingerprint density at radius 3 is 2.85 bits per heavy atom. The molecule has 0 aromatic heterocycles. The Bertz CT molecular complexity index is 540. The van der Waals surface area contributed by atoms with Crippen molar-refractivity contribution in [1.82, 2.24) is 15.1 Å². The second-order valence-electron chi connectivity index (χ2n) is 5.31. The molecular formula is C15H20N4O. The van der Waals surface area contributed by atoms with Gasteiger partial charge >= 0.3 is 0 Å². The maximum absolute atomic E-state index is 12.3. The molecule has 1 aromatic carbocycles. The lowest BCUT2D eigenvalue weighted by Crippen LogP contribution is -2.45. The number of hydrogen-bond donors (Lipinski definition) is 1. The molecular weight excluding hydrogens is 252 g/mol. The summed E-state index contributed by atoms with van der Waals surface area (Å²) in [5.41, 5.74) is 2.63. The highest BCUT2D eigenvalue weighted by atomic mass is 16.2. The van der Waals surface area contributed by atoms with Crippen molar-refractivity contribution in [3.05, 3.63) is 35.4 Å². The molecule has 0 radical (unpaired) electrons. The molecule has 2 aliphatic heterocycles. The zero-order chi connectivity index (χ0) is 13.9. The van der Waals surface area contributed by atoms with E-state index in [1.807, 2.05) is 22.9 Å². The van der Waals surface area contributed by atoms with Crippen LogP contribution in [-0.4, -0.2) is 54.9 Å². The molecule has 1 amide bonds. The number of rotatable bonds is 2. The minimum absolute atomic E-state index is 0.141. The summed E-state index contributed by atoms with van der Waals surface area (Å²) in [5, 5.41) is 3.14. The molecule has 2 heterocycles. The summed E-state index contributed by atoms with van der Waals surface area (Å²) in [6.45, 7) is 3.59. The maximum Gasteiger partial charge on any atom is 0.242 e. The van der Waals surface area contributed by atoms with Gasteiger partial charge in [-0.3, -0.25) is 9.79 Å². The minimum atomic E-state index is 0.141. The van der Waals surface area contributed by atoms with Crippen molar-refractivity contribution >= 4 is 11.9 Å². The highest BCUT2D eigenvalue weighted by Gasteiger charge is 2.21. The van der Waals surface area contributed by atoms with Crippen molar-refractivity contribution in [1.29, 1.82) is 0 Å². The van der Waals surface area contributed by atoms with Gasteiger partial charge < -0.3 is 15.1 Å². The van der Waals surface area contributed by atoms with Crippen molar-refractivity contribution in [3.63, 3.8) is 0 Å². The van der Waals surface area contributed by atoms with Crippen LogP contribution in [0.25, 0.3) is 0 Å². The molecule has 1 N–H and O–H groups in total. The molecule has 1 aromatic rings. The van der Waals surface area contributed by atoms with E-state index in [1.54, 1.807) is 0 Å². The van der Waals surface area contributed by atoms with E-state index >= 15 is 0 Å². The predicted molar refractivity (Wildman–Crippen MR) is 78.5 cm³/mol. The predicted octanol–water partition coefficient (Wildman–Crippen LogP) is 0.462. The van der Waals surface area contributed by atoms with Crippen LogP contribution in [0.3, 0.4) is 0 Å². The molecule has 0 spiro atoms. The largest absolute Gasteiger partial charge is 0.347 e. The quantitative estimate of drug-likeness (QED) is 0.851. The average Bonchev–Trinajstić information content (AvgIpc) is 2.89. The first-order valence-corrected chi connectivity index (χ1v) is 7.08. The van der Waals surface area contributed by atoms with Gasteiger partial charge in [-0.05, 0) is 17.5 Å². The monoisotopic (exact) mass is 272 g/mol. The number of nitrogens with one attached hydrogen (secondary N) is 1. The van der Waals surface area contributed by atoms with E-state index in [0.717, 1.165) is 38.6 Å². The second-order valence-corrected chi connectivity index (χ2v) is 5.31. The summed E-state index contributed by atoms with van der Waals surface area (Å²) in [6.07, 6.45) is 0.947. The summed E-state index contributed by atoms with van der Waals surface area (Å²) in [7, 11) is 1.99.